The molecule has 7 atom stereocenters. The molecule has 5 fully saturated rings. The zero-order valence-corrected chi connectivity index (χ0v) is 16.7. The van der Waals surface area contributed by atoms with Gasteiger partial charge in [-0.3, -0.25) is 14.4 Å². The van der Waals surface area contributed by atoms with Crippen molar-refractivity contribution in [3.63, 3.8) is 0 Å². The van der Waals surface area contributed by atoms with E-state index >= 15 is 0 Å². The molecule has 5 heteroatoms. The Morgan fingerprint density at radius 3 is 2.57 bits per heavy atom. The van der Waals surface area contributed by atoms with Gasteiger partial charge in [0.15, 0.2) is 0 Å². The molecule has 150 valence electrons. The van der Waals surface area contributed by atoms with Crippen LogP contribution in [0.2, 0.25) is 0 Å². The monoisotopic (exact) mass is 384 g/mol. The predicted octanol–water partition coefficient (Wildman–Crippen LogP) is 3.50. The first-order valence-electron chi connectivity index (χ1n) is 10.9. The van der Waals surface area contributed by atoms with Gasteiger partial charge in [-0.05, 0) is 43.9 Å². The van der Waals surface area contributed by atoms with Gasteiger partial charge in [-0.2, -0.15) is 0 Å². The fourth-order valence-electron chi connectivity index (χ4n) is 8.31. The summed E-state index contributed by atoms with van der Waals surface area (Å²) in [5, 5.41) is 0. The molecule has 6 aliphatic rings. The van der Waals surface area contributed by atoms with Crippen molar-refractivity contribution in [2.24, 2.45) is 28.6 Å². The highest BCUT2D eigenvalue weighted by Crippen LogP contribution is 2.72. The van der Waals surface area contributed by atoms with Gasteiger partial charge in [-0.25, -0.2) is 0 Å². The third-order valence-corrected chi connectivity index (χ3v) is 9.91. The van der Waals surface area contributed by atoms with Gasteiger partial charge >= 0.3 is 11.9 Å². The molecule has 2 heterocycles. The van der Waals surface area contributed by atoms with Gasteiger partial charge in [0.1, 0.15) is 17.0 Å². The van der Waals surface area contributed by atoms with Crippen LogP contribution in [0.1, 0.15) is 71.6 Å². The van der Waals surface area contributed by atoms with E-state index in [1.807, 2.05) is 0 Å². The van der Waals surface area contributed by atoms with E-state index in [1.165, 1.54) is 5.57 Å². The summed E-state index contributed by atoms with van der Waals surface area (Å²) in [4.78, 5) is 37.3. The second-order valence-corrected chi connectivity index (χ2v) is 10.7. The summed E-state index contributed by atoms with van der Waals surface area (Å²) in [7, 11) is 0. The summed E-state index contributed by atoms with van der Waals surface area (Å²) in [6.45, 7) is 4.52. The van der Waals surface area contributed by atoms with E-state index in [0.29, 0.717) is 31.6 Å². The highest BCUT2D eigenvalue weighted by Gasteiger charge is 2.73. The Kier molecular flexibility index (Phi) is 3.02. The lowest BCUT2D eigenvalue weighted by molar-refractivity contribution is -0.164. The molecule has 5 nitrogen and oxygen atoms in total. The number of allylic oxidation sites excluding steroid dienone is 1. The quantitative estimate of drug-likeness (QED) is 0.472. The highest BCUT2D eigenvalue weighted by molar-refractivity contribution is 5.85. The van der Waals surface area contributed by atoms with Crippen molar-refractivity contribution in [3.05, 3.63) is 11.6 Å². The Balaban J connectivity index is 1.48. The van der Waals surface area contributed by atoms with E-state index in [-0.39, 0.29) is 46.0 Å². The third kappa shape index (κ3) is 1.70. The Morgan fingerprint density at radius 1 is 1.00 bits per heavy atom. The molecule has 3 saturated carbocycles. The second kappa shape index (κ2) is 4.91. The Labute approximate surface area is 165 Å². The molecule has 0 aromatic carbocycles. The summed E-state index contributed by atoms with van der Waals surface area (Å²) in [6, 6.07) is 0. The Bertz CT molecular complexity index is 859. The minimum atomic E-state index is -0.629. The van der Waals surface area contributed by atoms with Gasteiger partial charge in [0, 0.05) is 36.5 Å². The van der Waals surface area contributed by atoms with Crippen molar-refractivity contribution in [3.8, 4) is 0 Å². The smallest absolute Gasteiger partial charge is 0.310 e. The van der Waals surface area contributed by atoms with Crippen LogP contribution >= 0.6 is 0 Å². The maximum absolute atomic E-state index is 13.0. The molecule has 6 rings (SSSR count). The summed E-state index contributed by atoms with van der Waals surface area (Å²) in [6.07, 6.45) is 8.87. The third-order valence-electron chi connectivity index (χ3n) is 9.91. The maximum Gasteiger partial charge on any atom is 0.310 e. The fraction of sp³-hybridized carbons (Fsp3) is 0.783. The number of ether oxygens (including phenoxy) is 2. The molecular weight excluding hydrogens is 356 g/mol. The van der Waals surface area contributed by atoms with Crippen LogP contribution in [-0.4, -0.2) is 28.9 Å². The molecular formula is C23H28O5. The largest absolute Gasteiger partial charge is 0.458 e. The van der Waals surface area contributed by atoms with Crippen molar-refractivity contribution in [1.82, 2.24) is 0 Å². The summed E-state index contributed by atoms with van der Waals surface area (Å²) in [5.41, 5.74) is 0.0216. The Hall–Kier alpha value is -1.65. The first-order valence-corrected chi connectivity index (χ1v) is 10.9. The number of hydrogen-bond acceptors (Lipinski definition) is 5. The van der Waals surface area contributed by atoms with Gasteiger partial charge in [0.25, 0.3) is 0 Å². The molecule has 0 unspecified atom stereocenters. The number of fused-ring (bicyclic) bond motifs is 7. The highest BCUT2D eigenvalue weighted by atomic mass is 16.6. The number of carbonyl (C=O) groups is 3. The summed E-state index contributed by atoms with van der Waals surface area (Å²) in [5.74, 6) is 0.394. The van der Waals surface area contributed by atoms with Crippen LogP contribution in [0, 0.1) is 28.6 Å². The lowest BCUT2D eigenvalue weighted by Crippen LogP contribution is -2.59. The van der Waals surface area contributed by atoms with Gasteiger partial charge < -0.3 is 9.47 Å². The van der Waals surface area contributed by atoms with Gasteiger partial charge in [0.2, 0.25) is 0 Å². The zero-order valence-electron chi connectivity index (χ0n) is 16.7. The minimum Gasteiger partial charge on any atom is -0.458 e. The Morgan fingerprint density at radius 2 is 1.82 bits per heavy atom. The molecule has 2 spiro atoms. The van der Waals surface area contributed by atoms with E-state index in [2.05, 4.69) is 19.9 Å². The fourth-order valence-corrected chi connectivity index (χ4v) is 8.31. The SMILES string of the molecule is C[C@]12CC=C3[C@@H]([C@H]4C[C@]5(CC(=O)CC[C@]35C)OC4=O)[C@@H]1CC[C@@]21CCC(=O)O1. The van der Waals surface area contributed by atoms with Crippen molar-refractivity contribution in [2.45, 2.75) is 82.8 Å². The second-order valence-electron chi connectivity index (χ2n) is 10.7. The molecule has 2 saturated heterocycles. The first-order chi connectivity index (χ1) is 13.2. The lowest BCUT2D eigenvalue weighted by Gasteiger charge is -2.58. The number of rotatable bonds is 0. The average molecular weight is 384 g/mol. The number of carbonyl (C=O) groups excluding carboxylic acids is 3. The first kappa shape index (κ1) is 17.2. The standard InChI is InChI=1S/C23H28O5/c1-20-8-4-15-18(16(20)5-9-22(20)10-6-17(25)27-22)14-12-23(28-19(14)26)11-13(24)3-7-21(15,23)2/h4,14,16,18H,3,5-12H2,1-2H3/t14-,16+,18-,20+,21-,22-,23+/m1/s1. The van der Waals surface area contributed by atoms with Crippen LogP contribution in [0.4, 0.5) is 0 Å². The molecule has 0 radical (unpaired) electrons. The van der Waals surface area contributed by atoms with Crippen LogP contribution in [0.3, 0.4) is 0 Å². The summed E-state index contributed by atoms with van der Waals surface area (Å²) < 4.78 is 12.1. The molecule has 0 aromatic heterocycles. The zero-order chi connectivity index (χ0) is 19.5. The van der Waals surface area contributed by atoms with Crippen LogP contribution in [-0.2, 0) is 23.9 Å². The van der Waals surface area contributed by atoms with E-state index in [1.54, 1.807) is 0 Å². The van der Waals surface area contributed by atoms with Crippen LogP contribution in [0.5, 0.6) is 0 Å². The molecule has 0 amide bonds. The van der Waals surface area contributed by atoms with Gasteiger partial charge in [-0.1, -0.05) is 25.5 Å². The number of Topliss-reactive ketones (excluding diaryl/α,β-unsaturated/α-hetero) is 1. The maximum atomic E-state index is 13.0. The normalized spacial score (nSPS) is 54.0. The average Bonchev–Trinajstić information content (AvgIpc) is 3.26. The minimum absolute atomic E-state index is 0.0719. The number of hydrogen-bond donors (Lipinski definition) is 0. The molecule has 2 bridgehead atoms. The van der Waals surface area contributed by atoms with E-state index in [4.69, 9.17) is 9.47 Å². The topological polar surface area (TPSA) is 69.7 Å². The number of esters is 2. The van der Waals surface area contributed by atoms with E-state index < -0.39 is 5.60 Å². The van der Waals surface area contributed by atoms with Gasteiger partial charge in [-0.15, -0.1) is 0 Å². The van der Waals surface area contributed by atoms with E-state index in [0.717, 1.165) is 32.1 Å². The molecule has 0 N–H and O–H groups in total. The van der Waals surface area contributed by atoms with Crippen LogP contribution < -0.4 is 0 Å². The molecule has 4 aliphatic carbocycles. The van der Waals surface area contributed by atoms with Crippen LogP contribution in [0.15, 0.2) is 11.6 Å². The van der Waals surface area contributed by atoms with Crippen molar-refractivity contribution >= 4 is 17.7 Å². The van der Waals surface area contributed by atoms with Crippen molar-refractivity contribution in [2.75, 3.05) is 0 Å². The number of ketones is 1. The summed E-state index contributed by atoms with van der Waals surface area (Å²) >= 11 is 0. The van der Waals surface area contributed by atoms with Crippen molar-refractivity contribution < 1.29 is 23.9 Å². The van der Waals surface area contributed by atoms with E-state index in [9.17, 15) is 14.4 Å². The predicted molar refractivity (Wildman–Crippen MR) is 99.0 cm³/mol. The van der Waals surface area contributed by atoms with Gasteiger partial charge in [0.05, 0.1) is 5.92 Å². The molecule has 28 heavy (non-hydrogen) atoms. The van der Waals surface area contributed by atoms with Crippen molar-refractivity contribution in [1.29, 1.82) is 0 Å². The molecule has 0 aromatic rings. The molecule has 2 aliphatic heterocycles. The van der Waals surface area contributed by atoms with Crippen LogP contribution in [0.25, 0.3) is 0 Å². The lowest BCUT2D eigenvalue weighted by atomic mass is 9.45.